The molecule has 4 heteroatoms. The summed E-state index contributed by atoms with van der Waals surface area (Å²) in [4.78, 5) is 0. The maximum Gasteiger partial charge on any atom is 0.106 e. The van der Waals surface area contributed by atoms with E-state index in [1.165, 1.54) is 38.5 Å². The lowest BCUT2D eigenvalue weighted by Crippen LogP contribution is -2.31. The quantitative estimate of drug-likeness (QED) is 0.504. The van der Waals surface area contributed by atoms with Gasteiger partial charge in [-0.05, 0) is 12.8 Å². The Morgan fingerprint density at radius 2 is 1.26 bits per heavy atom. The van der Waals surface area contributed by atoms with Crippen molar-refractivity contribution in [3.8, 4) is 0 Å². The van der Waals surface area contributed by atoms with Crippen LogP contribution in [0.15, 0.2) is 0 Å². The molecular formula is C15H26N4. The molecule has 1 aromatic carbocycles. The number of nitrogens with two attached hydrogens (primary N) is 1. The van der Waals surface area contributed by atoms with E-state index < -0.39 is 0 Å². The molecule has 0 aliphatic rings. The van der Waals surface area contributed by atoms with Crippen LogP contribution in [0.1, 0.15) is 63.9 Å². The van der Waals surface area contributed by atoms with E-state index in [1.807, 2.05) is 0 Å². The predicted octanol–water partition coefficient (Wildman–Crippen LogP) is 2.27. The molecule has 0 saturated heterocycles. The van der Waals surface area contributed by atoms with Crippen molar-refractivity contribution in [3.05, 3.63) is 21.6 Å². The summed E-state index contributed by atoms with van der Waals surface area (Å²) < 4.78 is 0. The molecule has 0 heterocycles. The van der Waals surface area contributed by atoms with Crippen molar-refractivity contribution >= 4 is 5.69 Å². The summed E-state index contributed by atoms with van der Waals surface area (Å²) in [5.74, 6) is 0. The van der Waals surface area contributed by atoms with Gasteiger partial charge in [-0.2, -0.15) is 0 Å². The second kappa shape index (κ2) is 7.87. The number of unbranched alkanes of at least 4 members (excludes halogenated alkanes) is 7. The Labute approximate surface area is 114 Å². The molecule has 0 aliphatic heterocycles. The lowest BCUT2D eigenvalue weighted by molar-refractivity contribution is 0.575. The average Bonchev–Trinajstić information content (AvgIpc) is 2.59. The van der Waals surface area contributed by atoms with Gasteiger partial charge in [-0.3, -0.25) is 16.2 Å². The summed E-state index contributed by atoms with van der Waals surface area (Å²) in [5.41, 5.74) is 6.83. The Hall–Kier alpha value is -1.45. The third-order valence-electron chi connectivity index (χ3n) is 3.68. The van der Waals surface area contributed by atoms with E-state index >= 15 is 0 Å². The van der Waals surface area contributed by atoms with Crippen molar-refractivity contribution in [2.75, 3.05) is 5.73 Å². The zero-order valence-corrected chi connectivity index (χ0v) is 11.9. The Balaban J connectivity index is 2.27. The summed E-state index contributed by atoms with van der Waals surface area (Å²) in [7, 11) is 0. The van der Waals surface area contributed by atoms with E-state index in [9.17, 15) is 0 Å². The minimum atomic E-state index is -0.0212. The molecule has 4 nitrogen and oxygen atoms in total. The zero-order valence-electron chi connectivity index (χ0n) is 11.9. The van der Waals surface area contributed by atoms with Crippen LogP contribution in [0.3, 0.4) is 0 Å². The van der Waals surface area contributed by atoms with E-state index in [4.69, 9.17) is 22.0 Å². The van der Waals surface area contributed by atoms with Gasteiger partial charge in [0.25, 0.3) is 0 Å². The first kappa shape index (κ1) is 15.6. The monoisotopic (exact) mass is 262 g/mol. The third kappa shape index (κ3) is 4.30. The fraction of sp³-hybridized carbons (Fsp3) is 0.667. The fourth-order valence-electron chi connectivity index (χ4n) is 2.39. The Morgan fingerprint density at radius 1 is 0.737 bits per heavy atom. The minimum absolute atomic E-state index is 0.0212. The Morgan fingerprint density at radius 3 is 1.74 bits per heavy atom. The van der Waals surface area contributed by atoms with Crippen LogP contribution < -0.4 is 21.8 Å². The van der Waals surface area contributed by atoms with Crippen LogP contribution in [0.4, 0.5) is 5.69 Å². The molecule has 5 N–H and O–H groups in total. The van der Waals surface area contributed by atoms with Gasteiger partial charge in [-0.15, -0.1) is 0 Å². The first-order chi connectivity index (χ1) is 9.09. The highest BCUT2D eigenvalue weighted by atomic mass is 14.6. The highest BCUT2D eigenvalue weighted by Crippen LogP contribution is 2.11. The van der Waals surface area contributed by atoms with E-state index in [2.05, 4.69) is 6.92 Å². The van der Waals surface area contributed by atoms with Gasteiger partial charge in [0.2, 0.25) is 0 Å². The molecule has 0 aliphatic carbocycles. The van der Waals surface area contributed by atoms with Crippen LogP contribution in [0.25, 0.3) is 0 Å². The van der Waals surface area contributed by atoms with Crippen molar-refractivity contribution in [3.63, 3.8) is 0 Å². The normalized spacial score (nSPS) is 11.0. The highest BCUT2D eigenvalue weighted by molar-refractivity contribution is 5.46. The third-order valence-corrected chi connectivity index (χ3v) is 3.68. The van der Waals surface area contributed by atoms with Crippen LogP contribution >= 0.6 is 0 Å². The molecule has 19 heavy (non-hydrogen) atoms. The predicted molar refractivity (Wildman–Crippen MR) is 77.1 cm³/mol. The molecule has 106 valence electrons. The summed E-state index contributed by atoms with van der Waals surface area (Å²) in [6.45, 7) is 2.23. The van der Waals surface area contributed by atoms with Crippen molar-refractivity contribution in [2.45, 2.75) is 64.7 Å². The number of hydrogen-bond donors (Lipinski definition) is 4. The standard InChI is InChI=1S/C15H26N4/c1-2-3-4-5-6-7-8-9-10-11-12(16)14(18)15(19)13(11)17/h16,18-19H,2-10,17H2,1H3. The number of anilines is 1. The topological polar surface area (TPSA) is 97.6 Å². The molecule has 0 aromatic heterocycles. The van der Waals surface area contributed by atoms with Gasteiger partial charge in [0.1, 0.15) is 10.7 Å². The van der Waals surface area contributed by atoms with E-state index in [0.717, 1.165) is 19.3 Å². The first-order valence-electron chi connectivity index (χ1n) is 7.35. The molecule has 0 unspecified atom stereocenters. The Kier molecular flexibility index (Phi) is 6.46. The SMILES string of the molecule is CCCCCCCCCCc1c(N)c(=N)c(=N)c1=N. The van der Waals surface area contributed by atoms with E-state index in [0.29, 0.717) is 11.3 Å². The smallest absolute Gasteiger partial charge is 0.106 e. The molecule has 0 radical (unpaired) electrons. The van der Waals surface area contributed by atoms with Gasteiger partial charge in [0.15, 0.2) is 0 Å². The molecule has 0 fully saturated rings. The van der Waals surface area contributed by atoms with Crippen molar-refractivity contribution in [1.29, 1.82) is 16.2 Å². The second-order valence-electron chi connectivity index (χ2n) is 5.24. The molecule has 0 saturated carbocycles. The van der Waals surface area contributed by atoms with Crippen LogP contribution in [0, 0.1) is 16.2 Å². The fourth-order valence-corrected chi connectivity index (χ4v) is 2.39. The second-order valence-corrected chi connectivity index (χ2v) is 5.24. The van der Waals surface area contributed by atoms with Crippen LogP contribution in [0.2, 0.25) is 0 Å². The molecule has 0 atom stereocenters. The summed E-state index contributed by atoms with van der Waals surface area (Å²) in [6.07, 6.45) is 10.7. The van der Waals surface area contributed by atoms with Crippen LogP contribution in [0.5, 0.6) is 0 Å². The largest absolute Gasteiger partial charge is 0.397 e. The van der Waals surface area contributed by atoms with Gasteiger partial charge in [0, 0.05) is 5.56 Å². The first-order valence-corrected chi connectivity index (χ1v) is 7.35. The molecule has 0 spiro atoms. The van der Waals surface area contributed by atoms with Gasteiger partial charge < -0.3 is 5.73 Å². The van der Waals surface area contributed by atoms with Gasteiger partial charge >= 0.3 is 0 Å². The van der Waals surface area contributed by atoms with Crippen molar-refractivity contribution in [2.24, 2.45) is 0 Å². The van der Waals surface area contributed by atoms with E-state index in [-0.39, 0.29) is 16.1 Å². The van der Waals surface area contributed by atoms with Gasteiger partial charge in [-0.25, -0.2) is 0 Å². The Bertz CT molecular complexity index is 524. The number of nitrogen functional groups attached to an aromatic ring is 1. The maximum absolute atomic E-state index is 7.76. The van der Waals surface area contributed by atoms with Gasteiger partial charge in [-0.1, -0.05) is 51.9 Å². The van der Waals surface area contributed by atoms with Crippen LogP contribution in [-0.4, -0.2) is 0 Å². The average molecular weight is 262 g/mol. The highest BCUT2D eigenvalue weighted by Gasteiger charge is 2.09. The molecule has 1 aromatic rings. The van der Waals surface area contributed by atoms with Gasteiger partial charge in [0.05, 0.1) is 11.0 Å². The summed E-state index contributed by atoms with van der Waals surface area (Å²) >= 11 is 0. The lowest BCUT2D eigenvalue weighted by atomic mass is 10.0. The molecule has 0 bridgehead atoms. The number of hydrogen-bond acceptors (Lipinski definition) is 4. The molecule has 0 amide bonds. The lowest BCUT2D eigenvalue weighted by Gasteiger charge is -2.02. The summed E-state index contributed by atoms with van der Waals surface area (Å²) in [6, 6.07) is 0. The maximum atomic E-state index is 7.76. The number of rotatable bonds is 9. The summed E-state index contributed by atoms with van der Waals surface area (Å²) in [5, 5.41) is 23.1. The van der Waals surface area contributed by atoms with Crippen molar-refractivity contribution < 1.29 is 0 Å². The molecular weight excluding hydrogens is 236 g/mol. The van der Waals surface area contributed by atoms with Crippen molar-refractivity contribution in [1.82, 2.24) is 0 Å². The minimum Gasteiger partial charge on any atom is -0.397 e. The van der Waals surface area contributed by atoms with Crippen LogP contribution in [-0.2, 0) is 6.42 Å². The van der Waals surface area contributed by atoms with E-state index in [1.54, 1.807) is 0 Å². The number of nitrogens with one attached hydrogen (secondary N) is 3. The zero-order chi connectivity index (χ0) is 14.3. The molecule has 1 rings (SSSR count).